The van der Waals surface area contributed by atoms with E-state index in [0.717, 1.165) is 26.2 Å². The first-order valence-electron chi connectivity index (χ1n) is 6.85. The molecule has 0 aromatic carbocycles. The Bertz CT molecular complexity index is 229. The van der Waals surface area contributed by atoms with Crippen molar-refractivity contribution >= 4 is 0 Å². The third-order valence-corrected chi connectivity index (χ3v) is 2.99. The van der Waals surface area contributed by atoms with E-state index in [1.54, 1.807) is 7.11 Å². The van der Waals surface area contributed by atoms with Gasteiger partial charge in [0.25, 0.3) is 0 Å². The lowest BCUT2D eigenvalue weighted by Gasteiger charge is -2.31. The Morgan fingerprint density at radius 1 is 0.944 bits per heavy atom. The molecule has 0 spiro atoms. The molecule has 0 aliphatic rings. The summed E-state index contributed by atoms with van der Waals surface area (Å²) >= 11 is 0. The average molecular weight is 259 g/mol. The van der Waals surface area contributed by atoms with Gasteiger partial charge in [0.1, 0.15) is 0 Å². The molecule has 0 rings (SSSR count). The molecule has 0 fully saturated rings. The molecular weight excluding hydrogens is 226 g/mol. The lowest BCUT2D eigenvalue weighted by molar-refractivity contribution is -0.0214. The molecule has 110 valence electrons. The van der Waals surface area contributed by atoms with Crippen LogP contribution in [0.5, 0.6) is 0 Å². The van der Waals surface area contributed by atoms with Crippen molar-refractivity contribution in [1.29, 1.82) is 0 Å². The van der Waals surface area contributed by atoms with Crippen LogP contribution in [0.15, 0.2) is 0 Å². The van der Waals surface area contributed by atoms with Crippen molar-refractivity contribution in [2.24, 2.45) is 5.41 Å². The van der Waals surface area contributed by atoms with E-state index in [1.165, 1.54) is 0 Å². The zero-order valence-electron chi connectivity index (χ0n) is 13.6. The topological polar surface area (TPSA) is 30.5 Å². The lowest BCUT2D eigenvalue weighted by Crippen LogP contribution is -2.43. The van der Waals surface area contributed by atoms with E-state index >= 15 is 0 Å². The monoisotopic (exact) mass is 259 g/mol. The van der Waals surface area contributed by atoms with Crippen molar-refractivity contribution in [2.45, 2.75) is 66.0 Å². The molecular formula is C15H33NO2. The van der Waals surface area contributed by atoms with Gasteiger partial charge in [-0.1, -0.05) is 13.8 Å². The third kappa shape index (κ3) is 9.86. The van der Waals surface area contributed by atoms with Crippen LogP contribution in [0.1, 0.15) is 54.9 Å². The molecule has 0 amide bonds. The van der Waals surface area contributed by atoms with Crippen LogP contribution in [0.4, 0.5) is 0 Å². The Hall–Kier alpha value is -0.120. The molecule has 0 saturated heterocycles. The van der Waals surface area contributed by atoms with Crippen LogP contribution in [-0.4, -0.2) is 38.0 Å². The van der Waals surface area contributed by atoms with Gasteiger partial charge in [0.05, 0.1) is 12.2 Å². The minimum absolute atomic E-state index is 0.0895. The third-order valence-electron chi connectivity index (χ3n) is 2.99. The van der Waals surface area contributed by atoms with E-state index in [2.05, 4.69) is 53.8 Å². The number of ether oxygens (including phenoxy) is 2. The van der Waals surface area contributed by atoms with E-state index < -0.39 is 0 Å². The summed E-state index contributed by atoms with van der Waals surface area (Å²) in [7, 11) is 1.75. The molecule has 0 saturated carbocycles. The van der Waals surface area contributed by atoms with Crippen molar-refractivity contribution in [3.05, 3.63) is 0 Å². The second-order valence-corrected chi connectivity index (χ2v) is 7.53. The summed E-state index contributed by atoms with van der Waals surface area (Å²) in [4.78, 5) is 0. The number of hydrogen-bond donors (Lipinski definition) is 1. The quantitative estimate of drug-likeness (QED) is 0.679. The summed E-state index contributed by atoms with van der Waals surface area (Å²) in [6, 6.07) is 0. The predicted molar refractivity (Wildman–Crippen MR) is 78.1 cm³/mol. The van der Waals surface area contributed by atoms with Crippen molar-refractivity contribution in [3.8, 4) is 0 Å². The van der Waals surface area contributed by atoms with E-state index in [4.69, 9.17) is 9.47 Å². The first-order valence-corrected chi connectivity index (χ1v) is 6.85. The van der Waals surface area contributed by atoms with E-state index in [9.17, 15) is 0 Å². The summed E-state index contributed by atoms with van der Waals surface area (Å²) < 4.78 is 11.2. The fraction of sp³-hybridized carbons (Fsp3) is 1.00. The highest BCUT2D eigenvalue weighted by atomic mass is 16.5. The van der Waals surface area contributed by atoms with Gasteiger partial charge in [-0.2, -0.15) is 0 Å². The summed E-state index contributed by atoms with van der Waals surface area (Å²) in [5, 5.41) is 3.53. The second-order valence-electron chi connectivity index (χ2n) is 7.53. The molecule has 3 heteroatoms. The van der Waals surface area contributed by atoms with E-state index in [0.29, 0.717) is 0 Å². The summed E-state index contributed by atoms with van der Waals surface area (Å²) in [6.45, 7) is 17.7. The molecule has 0 radical (unpaired) electrons. The molecule has 18 heavy (non-hydrogen) atoms. The van der Waals surface area contributed by atoms with Gasteiger partial charge in [0.15, 0.2) is 0 Å². The Balaban J connectivity index is 3.84. The van der Waals surface area contributed by atoms with E-state index in [-0.39, 0.29) is 16.6 Å². The van der Waals surface area contributed by atoms with Crippen LogP contribution in [0.2, 0.25) is 0 Å². The Morgan fingerprint density at radius 2 is 1.50 bits per heavy atom. The maximum atomic E-state index is 5.78. The maximum Gasteiger partial charge on any atom is 0.0644 e. The Labute approximate surface area is 114 Å². The highest BCUT2D eigenvalue weighted by Crippen LogP contribution is 2.17. The normalized spacial score (nSPS) is 14.0. The van der Waals surface area contributed by atoms with Crippen LogP contribution >= 0.6 is 0 Å². The van der Waals surface area contributed by atoms with Gasteiger partial charge in [0.2, 0.25) is 0 Å². The summed E-state index contributed by atoms with van der Waals surface area (Å²) in [5.41, 5.74) is 0.230. The molecule has 0 heterocycles. The predicted octanol–water partition coefficient (Wildman–Crippen LogP) is 3.23. The van der Waals surface area contributed by atoms with Gasteiger partial charge in [-0.3, -0.25) is 0 Å². The molecule has 0 bridgehead atoms. The molecule has 0 aromatic rings. The number of nitrogens with one attached hydrogen (secondary N) is 1. The zero-order chi connectivity index (χ0) is 14.4. The van der Waals surface area contributed by atoms with Crippen molar-refractivity contribution in [3.63, 3.8) is 0 Å². The van der Waals surface area contributed by atoms with Gasteiger partial charge in [-0.05, 0) is 41.0 Å². The molecule has 0 unspecified atom stereocenters. The summed E-state index contributed by atoms with van der Waals surface area (Å²) in [5.74, 6) is 0. The highest BCUT2D eigenvalue weighted by molar-refractivity contribution is 4.78. The molecule has 0 aliphatic heterocycles. The van der Waals surface area contributed by atoms with E-state index in [1.807, 2.05) is 0 Å². The largest absolute Gasteiger partial charge is 0.381 e. The molecule has 0 aliphatic carbocycles. The molecule has 0 atom stereocenters. The standard InChI is InChI=1S/C15H33NO2/c1-13(2,3)16-11-14(4,5)12-18-10-9-15(6,7)17-8/h16H,9-12H2,1-8H3. The smallest absolute Gasteiger partial charge is 0.0644 e. The average Bonchev–Trinajstić information content (AvgIpc) is 2.21. The van der Waals surface area contributed by atoms with Crippen LogP contribution in [0.3, 0.4) is 0 Å². The van der Waals surface area contributed by atoms with Crippen molar-refractivity contribution in [2.75, 3.05) is 26.9 Å². The first kappa shape index (κ1) is 17.9. The number of hydrogen-bond acceptors (Lipinski definition) is 3. The number of methoxy groups -OCH3 is 1. The van der Waals surface area contributed by atoms with Crippen LogP contribution < -0.4 is 5.32 Å². The van der Waals surface area contributed by atoms with Crippen LogP contribution in [0.25, 0.3) is 0 Å². The SMILES string of the molecule is COC(C)(C)CCOCC(C)(C)CNC(C)(C)C. The van der Waals surface area contributed by atoms with Crippen LogP contribution in [-0.2, 0) is 9.47 Å². The van der Waals surface area contributed by atoms with Crippen LogP contribution in [0, 0.1) is 5.41 Å². The molecule has 0 aromatic heterocycles. The second kappa shape index (κ2) is 6.88. The maximum absolute atomic E-state index is 5.78. The van der Waals surface area contributed by atoms with Gasteiger partial charge < -0.3 is 14.8 Å². The van der Waals surface area contributed by atoms with Crippen molar-refractivity contribution in [1.82, 2.24) is 5.32 Å². The molecule has 3 nitrogen and oxygen atoms in total. The van der Waals surface area contributed by atoms with Gasteiger partial charge >= 0.3 is 0 Å². The Morgan fingerprint density at radius 3 is 1.94 bits per heavy atom. The van der Waals surface area contributed by atoms with Gasteiger partial charge in [-0.15, -0.1) is 0 Å². The summed E-state index contributed by atoms with van der Waals surface area (Å²) in [6.07, 6.45) is 0.923. The lowest BCUT2D eigenvalue weighted by atomic mass is 9.93. The fourth-order valence-electron chi connectivity index (χ4n) is 1.32. The minimum Gasteiger partial charge on any atom is -0.381 e. The number of rotatable bonds is 8. The Kier molecular flexibility index (Phi) is 6.83. The van der Waals surface area contributed by atoms with Gasteiger partial charge in [-0.25, -0.2) is 0 Å². The molecule has 1 N–H and O–H groups in total. The fourth-order valence-corrected chi connectivity index (χ4v) is 1.32. The zero-order valence-corrected chi connectivity index (χ0v) is 13.6. The van der Waals surface area contributed by atoms with Crippen molar-refractivity contribution < 1.29 is 9.47 Å². The minimum atomic E-state index is -0.0895. The highest BCUT2D eigenvalue weighted by Gasteiger charge is 2.22. The van der Waals surface area contributed by atoms with Gasteiger partial charge in [0, 0.05) is 31.2 Å². The first-order chi connectivity index (χ1) is 7.97.